The first-order valence-electron chi connectivity index (χ1n) is 7.97. The summed E-state index contributed by atoms with van der Waals surface area (Å²) in [7, 11) is 0. The number of rotatable bonds is 7. The maximum absolute atomic E-state index is 9.62. The maximum atomic E-state index is 9.62. The molecule has 122 valence electrons. The van der Waals surface area contributed by atoms with Gasteiger partial charge < -0.3 is 9.47 Å². The molecule has 23 heavy (non-hydrogen) atoms. The molecule has 1 aromatic carbocycles. The Morgan fingerprint density at radius 1 is 1.04 bits per heavy atom. The highest BCUT2D eigenvalue weighted by Crippen LogP contribution is 2.40. The smallest absolute Gasteiger partial charge is 0.458 e. The molecule has 1 aromatic rings. The molecule has 0 bridgehead atoms. The zero-order valence-corrected chi connectivity index (χ0v) is 13.9. The number of hydrogen-bond donors (Lipinski definition) is 0. The van der Waals surface area contributed by atoms with Crippen LogP contribution >= 0.6 is 0 Å². The van der Waals surface area contributed by atoms with E-state index in [4.69, 9.17) is 14.2 Å². The molecule has 5 heteroatoms. The molecule has 2 rings (SSSR count). The third-order valence-electron chi connectivity index (χ3n) is 3.62. The Morgan fingerprint density at radius 3 is 2.30 bits per heavy atom. The fraction of sp³-hybridized carbons (Fsp3) is 0.444. The van der Waals surface area contributed by atoms with Crippen LogP contribution in [0.15, 0.2) is 42.2 Å². The molecule has 0 aliphatic heterocycles. The summed E-state index contributed by atoms with van der Waals surface area (Å²) in [5.74, 6) is 1.56. The number of ether oxygens (including phenoxy) is 3. The van der Waals surface area contributed by atoms with Gasteiger partial charge in [-0.15, -0.1) is 0 Å². The van der Waals surface area contributed by atoms with Crippen molar-refractivity contribution in [2.45, 2.75) is 32.9 Å². The number of diazo groups is 1. The number of benzene rings is 1. The SMILES string of the molecule is CCOC1=CCC([N+]#N)(OCC)C(c2ccc(OCC)cc2)=C1. The third kappa shape index (κ3) is 3.72. The second-order valence-corrected chi connectivity index (χ2v) is 5.08. The summed E-state index contributed by atoms with van der Waals surface area (Å²) in [5.41, 5.74) is 0.587. The van der Waals surface area contributed by atoms with Crippen LogP contribution in [0.5, 0.6) is 5.75 Å². The molecule has 5 nitrogen and oxygen atoms in total. The highest BCUT2D eigenvalue weighted by molar-refractivity contribution is 5.77. The van der Waals surface area contributed by atoms with Crippen molar-refractivity contribution in [1.82, 2.24) is 0 Å². The van der Waals surface area contributed by atoms with Crippen molar-refractivity contribution in [1.29, 1.82) is 5.39 Å². The summed E-state index contributed by atoms with van der Waals surface area (Å²) in [6.07, 6.45) is 4.18. The lowest BCUT2D eigenvalue weighted by Gasteiger charge is -2.22. The van der Waals surface area contributed by atoms with Crippen molar-refractivity contribution in [2.75, 3.05) is 19.8 Å². The van der Waals surface area contributed by atoms with Crippen LogP contribution in [-0.4, -0.2) is 25.5 Å². The predicted octanol–water partition coefficient (Wildman–Crippen LogP) is 4.38. The van der Waals surface area contributed by atoms with E-state index < -0.39 is 5.72 Å². The van der Waals surface area contributed by atoms with Gasteiger partial charge in [0.25, 0.3) is 0 Å². The van der Waals surface area contributed by atoms with Crippen LogP contribution in [0.25, 0.3) is 10.5 Å². The quantitative estimate of drug-likeness (QED) is 0.701. The molecule has 0 N–H and O–H groups in total. The van der Waals surface area contributed by atoms with E-state index in [-0.39, 0.29) is 0 Å². The van der Waals surface area contributed by atoms with Crippen molar-refractivity contribution in [3.63, 3.8) is 0 Å². The molecule has 0 aromatic heterocycles. The van der Waals surface area contributed by atoms with Gasteiger partial charge in [-0.3, -0.25) is 4.74 Å². The fourth-order valence-electron chi connectivity index (χ4n) is 2.64. The number of hydrogen-bond acceptors (Lipinski definition) is 4. The second kappa shape index (κ2) is 7.80. The van der Waals surface area contributed by atoms with Crippen LogP contribution in [0.4, 0.5) is 0 Å². The summed E-state index contributed by atoms with van der Waals surface area (Å²) in [6, 6.07) is 7.66. The van der Waals surface area contributed by atoms with E-state index in [9.17, 15) is 5.39 Å². The van der Waals surface area contributed by atoms with Crippen molar-refractivity contribution in [3.05, 3.63) is 52.7 Å². The lowest BCUT2D eigenvalue weighted by Crippen LogP contribution is -2.32. The van der Waals surface area contributed by atoms with Crippen LogP contribution in [0.1, 0.15) is 32.8 Å². The van der Waals surface area contributed by atoms with Gasteiger partial charge in [0.05, 0.1) is 31.8 Å². The van der Waals surface area contributed by atoms with E-state index in [1.54, 1.807) is 0 Å². The average Bonchev–Trinajstić information content (AvgIpc) is 2.58. The van der Waals surface area contributed by atoms with Crippen LogP contribution in [0.2, 0.25) is 0 Å². The van der Waals surface area contributed by atoms with E-state index in [0.717, 1.165) is 22.6 Å². The first-order valence-corrected chi connectivity index (χ1v) is 7.97. The van der Waals surface area contributed by atoms with Gasteiger partial charge in [-0.2, -0.15) is 0 Å². The van der Waals surface area contributed by atoms with Gasteiger partial charge in [-0.1, -0.05) is 12.1 Å². The van der Waals surface area contributed by atoms with Gasteiger partial charge in [-0.25, -0.2) is 0 Å². The molecule has 1 atom stereocenters. The minimum absolute atomic E-state index is 0.422. The molecule has 0 heterocycles. The highest BCUT2D eigenvalue weighted by atomic mass is 16.5. The zero-order chi connectivity index (χ0) is 16.7. The monoisotopic (exact) mass is 315 g/mol. The Bertz CT molecular complexity index is 629. The summed E-state index contributed by atoms with van der Waals surface area (Å²) in [6.45, 7) is 7.40. The van der Waals surface area contributed by atoms with Crippen molar-refractivity contribution < 1.29 is 14.2 Å². The van der Waals surface area contributed by atoms with Gasteiger partial charge in [0.2, 0.25) is 5.39 Å². The first kappa shape index (κ1) is 17.0. The lowest BCUT2D eigenvalue weighted by molar-refractivity contribution is 0.0401. The Morgan fingerprint density at radius 2 is 1.74 bits per heavy atom. The van der Waals surface area contributed by atoms with Crippen molar-refractivity contribution in [3.8, 4) is 5.75 Å². The molecule has 0 saturated heterocycles. The molecule has 1 aliphatic rings. The van der Waals surface area contributed by atoms with E-state index >= 15 is 0 Å². The highest BCUT2D eigenvalue weighted by Gasteiger charge is 2.51. The van der Waals surface area contributed by atoms with E-state index in [0.29, 0.717) is 26.2 Å². The van der Waals surface area contributed by atoms with Gasteiger partial charge in [0.1, 0.15) is 11.5 Å². The van der Waals surface area contributed by atoms with Gasteiger partial charge in [0.15, 0.2) is 4.98 Å². The molecular weight excluding hydrogens is 292 g/mol. The summed E-state index contributed by atoms with van der Waals surface area (Å²) in [4.78, 5) is 3.56. The molecular formula is C18H23N2O3+. The maximum Gasteiger partial charge on any atom is 0.458 e. The van der Waals surface area contributed by atoms with Gasteiger partial charge in [0, 0.05) is 0 Å². The second-order valence-electron chi connectivity index (χ2n) is 5.08. The largest absolute Gasteiger partial charge is 0.494 e. The van der Waals surface area contributed by atoms with Gasteiger partial charge >= 0.3 is 5.72 Å². The molecule has 0 spiro atoms. The fourth-order valence-corrected chi connectivity index (χ4v) is 2.64. The number of nitrogens with zero attached hydrogens (tertiary/aromatic N) is 2. The molecule has 0 fully saturated rings. The van der Waals surface area contributed by atoms with Crippen LogP contribution in [0.3, 0.4) is 0 Å². The summed E-state index contributed by atoms with van der Waals surface area (Å²) < 4.78 is 16.8. The Labute approximate surface area is 137 Å². The van der Waals surface area contributed by atoms with E-state index in [1.165, 1.54) is 0 Å². The predicted molar refractivity (Wildman–Crippen MR) is 89.4 cm³/mol. The molecule has 1 unspecified atom stereocenters. The normalized spacial score (nSPS) is 20.3. The topological polar surface area (TPSA) is 55.8 Å². The first-order chi connectivity index (χ1) is 11.2. The summed E-state index contributed by atoms with van der Waals surface area (Å²) in [5, 5.41) is 9.62. The van der Waals surface area contributed by atoms with Crippen LogP contribution in [-0.2, 0) is 9.47 Å². The minimum Gasteiger partial charge on any atom is -0.494 e. The lowest BCUT2D eigenvalue weighted by atomic mass is 9.88. The van der Waals surface area contributed by atoms with Crippen molar-refractivity contribution >= 4 is 5.57 Å². The van der Waals surface area contributed by atoms with Crippen molar-refractivity contribution in [2.24, 2.45) is 0 Å². The molecule has 0 radical (unpaired) electrons. The summed E-state index contributed by atoms with van der Waals surface area (Å²) >= 11 is 0. The molecule has 0 amide bonds. The van der Waals surface area contributed by atoms with Gasteiger partial charge in [-0.05, 0) is 50.6 Å². The Kier molecular flexibility index (Phi) is 5.78. The zero-order valence-electron chi connectivity index (χ0n) is 13.9. The van der Waals surface area contributed by atoms with E-state index in [2.05, 4.69) is 4.98 Å². The minimum atomic E-state index is -1.09. The molecule has 1 aliphatic carbocycles. The van der Waals surface area contributed by atoms with Crippen LogP contribution < -0.4 is 4.74 Å². The third-order valence-corrected chi connectivity index (χ3v) is 3.62. The van der Waals surface area contributed by atoms with E-state index in [1.807, 2.05) is 57.2 Å². The Hall–Kier alpha value is -2.32. The average molecular weight is 315 g/mol. The Balaban J connectivity index is 2.41. The molecule has 0 saturated carbocycles. The number of allylic oxidation sites excluding steroid dienone is 1. The van der Waals surface area contributed by atoms with Crippen LogP contribution in [0, 0.1) is 5.39 Å². The standard InChI is InChI=1S/C18H23N2O3/c1-4-21-15-9-7-14(8-10-15)17-13-16(22-5-2)11-12-18(17,20-19)23-6-3/h7-11,13H,4-6,12H2,1-3H3/q+1.